The van der Waals surface area contributed by atoms with E-state index in [0.29, 0.717) is 37.8 Å². The summed E-state index contributed by atoms with van der Waals surface area (Å²) in [5.74, 6) is 2.16. The number of rotatable bonds is 11. The smallest absolute Gasteiger partial charge is 0.408 e. The van der Waals surface area contributed by atoms with Crippen molar-refractivity contribution >= 4 is 17.0 Å². The number of ether oxygens (including phenoxy) is 5. The van der Waals surface area contributed by atoms with Crippen molar-refractivity contribution in [3.8, 4) is 17.1 Å². The van der Waals surface area contributed by atoms with Crippen LogP contribution in [0.25, 0.3) is 22.3 Å². The fourth-order valence-corrected chi connectivity index (χ4v) is 6.72. The second-order valence-electron chi connectivity index (χ2n) is 13.4. The molecule has 12 heteroatoms. The lowest BCUT2D eigenvalue weighted by atomic mass is 9.99. The molecule has 0 saturated carbocycles. The Morgan fingerprint density at radius 1 is 0.880 bits per heavy atom. The van der Waals surface area contributed by atoms with Gasteiger partial charge in [-0.15, -0.1) is 5.10 Å². The van der Waals surface area contributed by atoms with Gasteiger partial charge in [-0.05, 0) is 86.1 Å². The number of carbonyl (C=O) groups is 1. The molecule has 2 aromatic heterocycles. The molecule has 5 heterocycles. The van der Waals surface area contributed by atoms with Crippen molar-refractivity contribution in [3.05, 3.63) is 95.9 Å². The Kier molecular flexibility index (Phi) is 9.47. The molecule has 3 saturated heterocycles. The van der Waals surface area contributed by atoms with Crippen LogP contribution in [-0.2, 0) is 32.0 Å². The molecule has 12 nitrogen and oxygen atoms in total. The molecule has 3 fully saturated rings. The molecular weight excluding hydrogens is 636 g/mol. The van der Waals surface area contributed by atoms with Crippen molar-refractivity contribution in [1.29, 1.82) is 0 Å². The average molecular weight is 679 g/mol. The number of benzene rings is 3. The maximum Gasteiger partial charge on any atom is 0.408 e. The molecule has 0 aliphatic carbocycles. The molecule has 2 atom stereocenters. The third-order valence-corrected chi connectivity index (χ3v) is 9.55. The highest BCUT2D eigenvalue weighted by molar-refractivity contribution is 5.79. The summed E-state index contributed by atoms with van der Waals surface area (Å²) in [4.78, 5) is 17.6. The molecule has 3 aromatic carbocycles. The summed E-state index contributed by atoms with van der Waals surface area (Å²) in [6.07, 6.45) is 8.17. The van der Waals surface area contributed by atoms with Crippen LogP contribution in [0, 0.1) is 0 Å². The zero-order valence-corrected chi connectivity index (χ0v) is 28.0. The molecule has 3 aliphatic heterocycles. The molecule has 8 rings (SSSR count). The van der Waals surface area contributed by atoms with Crippen molar-refractivity contribution in [1.82, 2.24) is 29.9 Å². The minimum atomic E-state index is -0.646. The van der Waals surface area contributed by atoms with Crippen LogP contribution in [0.3, 0.4) is 0 Å². The van der Waals surface area contributed by atoms with E-state index < -0.39 is 11.6 Å². The number of hydrogen-bond donors (Lipinski definition) is 1. The maximum absolute atomic E-state index is 12.5. The standard InChI is InChI=1S/C38H42N6O6/c45-37(49-23-27-8-2-1-3-9-27)41-38(24-46-25-38)26-50-31-15-13-29(14-16-31)36-40-33(44(42-36)35-11-5-7-19-48-35)21-28-12-17-32-30(20-28)22-39-43(32)34-10-4-6-18-47-34/h1-3,8-9,12-17,20,22,34-35H,4-7,10-11,18-19,21,23-26H2,(H,41,45). The van der Waals surface area contributed by atoms with Gasteiger partial charge in [-0.2, -0.15) is 5.10 Å². The van der Waals surface area contributed by atoms with E-state index in [-0.39, 0.29) is 25.7 Å². The molecule has 0 radical (unpaired) electrons. The average Bonchev–Trinajstić information content (AvgIpc) is 3.77. The summed E-state index contributed by atoms with van der Waals surface area (Å²) < 4.78 is 33.1. The van der Waals surface area contributed by atoms with Gasteiger partial charge in [0.05, 0.1) is 24.9 Å². The molecule has 3 aliphatic rings. The minimum Gasteiger partial charge on any atom is -0.491 e. The van der Waals surface area contributed by atoms with Gasteiger partial charge >= 0.3 is 6.09 Å². The zero-order valence-electron chi connectivity index (χ0n) is 28.0. The Morgan fingerprint density at radius 3 is 2.34 bits per heavy atom. The SMILES string of the molecule is O=C(NC1(COc2ccc(-c3nc(Cc4ccc5c(cnn5C5CCCCO5)c4)n(C4CCCCO4)n3)cc2)COC1)OCc1ccccc1. The Bertz CT molecular complexity index is 1890. The van der Waals surface area contributed by atoms with Crippen LogP contribution in [0.2, 0.25) is 0 Å². The van der Waals surface area contributed by atoms with E-state index in [4.69, 9.17) is 33.8 Å². The summed E-state index contributed by atoms with van der Waals surface area (Å²) in [5, 5.41) is 13.7. The van der Waals surface area contributed by atoms with Gasteiger partial charge in [0, 0.05) is 30.6 Å². The lowest BCUT2D eigenvalue weighted by Gasteiger charge is -2.40. The minimum absolute atomic E-state index is 0.00281. The number of hydrogen-bond acceptors (Lipinski definition) is 9. The first-order valence-corrected chi connectivity index (χ1v) is 17.6. The van der Waals surface area contributed by atoms with Gasteiger partial charge in [0.25, 0.3) is 0 Å². The Labute approximate surface area is 290 Å². The van der Waals surface area contributed by atoms with E-state index in [1.54, 1.807) is 0 Å². The quantitative estimate of drug-likeness (QED) is 0.170. The third kappa shape index (κ3) is 7.23. The molecule has 1 N–H and O–H groups in total. The first-order chi connectivity index (χ1) is 24.6. The second kappa shape index (κ2) is 14.6. The number of fused-ring (bicyclic) bond motifs is 1. The Hall–Kier alpha value is -4.78. The molecular formula is C38H42N6O6. The summed E-state index contributed by atoms with van der Waals surface area (Å²) >= 11 is 0. The summed E-state index contributed by atoms with van der Waals surface area (Å²) in [5.41, 5.74) is 3.36. The van der Waals surface area contributed by atoms with Gasteiger partial charge in [0.2, 0.25) is 0 Å². The zero-order chi connectivity index (χ0) is 33.8. The second-order valence-corrected chi connectivity index (χ2v) is 13.4. The molecule has 0 spiro atoms. The summed E-state index contributed by atoms with van der Waals surface area (Å²) in [6.45, 7) is 2.64. The molecule has 5 aromatic rings. The maximum atomic E-state index is 12.5. The Morgan fingerprint density at radius 2 is 1.64 bits per heavy atom. The van der Waals surface area contributed by atoms with Crippen molar-refractivity contribution in [2.45, 2.75) is 69.5 Å². The van der Waals surface area contributed by atoms with Crippen LogP contribution in [0.15, 0.2) is 79.0 Å². The monoisotopic (exact) mass is 678 g/mol. The van der Waals surface area contributed by atoms with Gasteiger partial charge < -0.3 is 29.0 Å². The molecule has 2 unspecified atom stereocenters. The van der Waals surface area contributed by atoms with E-state index in [0.717, 1.165) is 78.5 Å². The highest BCUT2D eigenvalue weighted by atomic mass is 16.6. The van der Waals surface area contributed by atoms with E-state index >= 15 is 0 Å². The fraction of sp³-hybridized carbons (Fsp3) is 0.421. The van der Waals surface area contributed by atoms with Gasteiger partial charge in [0.15, 0.2) is 18.3 Å². The van der Waals surface area contributed by atoms with E-state index in [1.807, 2.05) is 70.2 Å². The first-order valence-electron chi connectivity index (χ1n) is 17.6. The number of aromatic nitrogens is 5. The van der Waals surface area contributed by atoms with Crippen molar-refractivity contribution in [3.63, 3.8) is 0 Å². The predicted octanol–water partition coefficient (Wildman–Crippen LogP) is 6.36. The Balaban J connectivity index is 0.944. The molecule has 50 heavy (non-hydrogen) atoms. The van der Waals surface area contributed by atoms with Gasteiger partial charge in [-0.1, -0.05) is 36.4 Å². The van der Waals surface area contributed by atoms with Gasteiger partial charge in [-0.25, -0.2) is 19.1 Å². The van der Waals surface area contributed by atoms with Gasteiger partial charge in [0.1, 0.15) is 30.3 Å². The van der Waals surface area contributed by atoms with Gasteiger partial charge in [-0.3, -0.25) is 0 Å². The third-order valence-electron chi connectivity index (χ3n) is 9.55. The number of amides is 1. The lowest BCUT2D eigenvalue weighted by Crippen LogP contribution is -2.65. The topological polar surface area (TPSA) is 124 Å². The van der Waals surface area contributed by atoms with Crippen molar-refractivity contribution < 1.29 is 28.5 Å². The van der Waals surface area contributed by atoms with Crippen molar-refractivity contribution in [2.24, 2.45) is 0 Å². The largest absolute Gasteiger partial charge is 0.491 e. The fourth-order valence-electron chi connectivity index (χ4n) is 6.72. The first kappa shape index (κ1) is 32.4. The van der Waals surface area contributed by atoms with Crippen LogP contribution in [0.1, 0.15) is 67.9 Å². The number of nitrogens with zero attached hydrogens (tertiary/aromatic N) is 5. The van der Waals surface area contributed by atoms with Crippen LogP contribution in [-0.4, -0.2) is 69.2 Å². The summed E-state index contributed by atoms with van der Waals surface area (Å²) in [6, 6.07) is 23.8. The van der Waals surface area contributed by atoms with Crippen LogP contribution < -0.4 is 10.1 Å². The summed E-state index contributed by atoms with van der Waals surface area (Å²) in [7, 11) is 0. The molecule has 0 bridgehead atoms. The van der Waals surface area contributed by atoms with E-state index in [1.165, 1.54) is 0 Å². The van der Waals surface area contributed by atoms with Crippen molar-refractivity contribution in [2.75, 3.05) is 33.0 Å². The van der Waals surface area contributed by atoms with E-state index in [2.05, 4.69) is 28.6 Å². The number of nitrogens with one attached hydrogen (secondary N) is 1. The van der Waals surface area contributed by atoms with Crippen LogP contribution >= 0.6 is 0 Å². The van der Waals surface area contributed by atoms with Crippen LogP contribution in [0.5, 0.6) is 5.75 Å². The lowest BCUT2D eigenvalue weighted by molar-refractivity contribution is -0.0901. The highest BCUT2D eigenvalue weighted by Crippen LogP contribution is 2.30. The van der Waals surface area contributed by atoms with Crippen LogP contribution in [0.4, 0.5) is 4.79 Å². The molecule has 1 amide bonds. The number of carbonyl (C=O) groups excluding carboxylic acids is 1. The normalized spacial score (nSPS) is 20.2. The number of alkyl carbamates (subject to hydrolysis) is 1. The molecule has 260 valence electrons. The van der Waals surface area contributed by atoms with E-state index in [9.17, 15) is 4.79 Å². The predicted molar refractivity (Wildman–Crippen MR) is 184 cm³/mol. The highest BCUT2D eigenvalue weighted by Gasteiger charge is 2.42.